The van der Waals surface area contributed by atoms with Gasteiger partial charge in [0.25, 0.3) is 0 Å². The predicted molar refractivity (Wildman–Crippen MR) is 130 cm³/mol. The van der Waals surface area contributed by atoms with E-state index < -0.39 is 11.6 Å². The lowest BCUT2D eigenvalue weighted by Gasteiger charge is -2.36. The second-order valence-corrected chi connectivity index (χ2v) is 7.48. The van der Waals surface area contributed by atoms with Gasteiger partial charge in [-0.2, -0.15) is 0 Å². The number of rotatable bonds is 15. The van der Waals surface area contributed by atoms with Crippen LogP contribution in [0.1, 0.15) is 16.7 Å². The molecule has 3 rings (SSSR count). The van der Waals surface area contributed by atoms with Crippen LogP contribution < -0.4 is 0 Å². The van der Waals surface area contributed by atoms with Gasteiger partial charge in [0.15, 0.2) is 0 Å². The first-order valence-electron chi connectivity index (χ1n) is 11.4. The van der Waals surface area contributed by atoms with Gasteiger partial charge in [-0.05, 0) is 16.7 Å². The van der Waals surface area contributed by atoms with Crippen LogP contribution in [-0.2, 0) is 34.1 Å². The first-order chi connectivity index (χ1) is 16.8. The zero-order valence-electron chi connectivity index (χ0n) is 19.6. The lowest BCUT2D eigenvalue weighted by Crippen LogP contribution is -2.34. The average Bonchev–Trinajstić information content (AvgIpc) is 2.91. The van der Waals surface area contributed by atoms with Gasteiger partial charge >= 0.3 is 5.97 Å². The Kier molecular flexibility index (Phi) is 10.7. The highest BCUT2D eigenvalue weighted by molar-refractivity contribution is 5.70. The molecule has 180 valence electrons. The van der Waals surface area contributed by atoms with Gasteiger partial charge in [-0.1, -0.05) is 91.0 Å². The number of hydrogen-bond donors (Lipinski definition) is 0. The summed E-state index contributed by atoms with van der Waals surface area (Å²) in [5.74, 6) is -0.402. The lowest BCUT2D eigenvalue weighted by molar-refractivity contribution is -0.146. The van der Waals surface area contributed by atoms with Crippen molar-refractivity contribution in [2.75, 3.05) is 53.4 Å². The molecule has 0 saturated heterocycles. The standard InChI is InChI=1S/C28H32O6/c1-30-27(29)23-33-20-19-31-17-18-32-21-22-34-28(24-11-5-2-6-12-24,25-13-7-3-8-14-25)26-15-9-4-10-16-26/h2-16H,17-23H2,1H3. The zero-order chi connectivity index (χ0) is 23.9. The normalized spacial score (nSPS) is 11.3. The number of benzene rings is 3. The van der Waals surface area contributed by atoms with Crippen molar-refractivity contribution < 1.29 is 28.5 Å². The quantitative estimate of drug-likeness (QED) is 0.191. The molecule has 0 spiro atoms. The summed E-state index contributed by atoms with van der Waals surface area (Å²) in [6.45, 7) is 2.34. The molecule has 0 amide bonds. The van der Waals surface area contributed by atoms with Crippen molar-refractivity contribution in [3.05, 3.63) is 108 Å². The maximum atomic E-state index is 11.0. The van der Waals surface area contributed by atoms with E-state index >= 15 is 0 Å². The maximum Gasteiger partial charge on any atom is 0.331 e. The highest BCUT2D eigenvalue weighted by Gasteiger charge is 2.37. The van der Waals surface area contributed by atoms with E-state index in [1.807, 2.05) is 54.6 Å². The fraction of sp³-hybridized carbons (Fsp3) is 0.321. The van der Waals surface area contributed by atoms with Crippen LogP contribution in [0.5, 0.6) is 0 Å². The van der Waals surface area contributed by atoms with Gasteiger partial charge < -0.3 is 23.7 Å². The van der Waals surface area contributed by atoms with Crippen LogP contribution in [-0.4, -0.2) is 59.3 Å². The van der Waals surface area contributed by atoms with E-state index in [1.54, 1.807) is 0 Å². The van der Waals surface area contributed by atoms with Crippen LogP contribution >= 0.6 is 0 Å². The molecule has 3 aromatic carbocycles. The van der Waals surface area contributed by atoms with Crippen molar-refractivity contribution in [2.45, 2.75) is 5.60 Å². The van der Waals surface area contributed by atoms with E-state index in [2.05, 4.69) is 41.1 Å². The van der Waals surface area contributed by atoms with Gasteiger partial charge in [0.1, 0.15) is 12.2 Å². The van der Waals surface area contributed by atoms with E-state index in [-0.39, 0.29) is 6.61 Å². The van der Waals surface area contributed by atoms with Crippen LogP contribution in [0, 0.1) is 0 Å². The van der Waals surface area contributed by atoms with E-state index in [0.29, 0.717) is 39.6 Å². The molecule has 0 saturated carbocycles. The van der Waals surface area contributed by atoms with Crippen molar-refractivity contribution in [1.29, 1.82) is 0 Å². The minimum atomic E-state index is -0.749. The number of hydrogen-bond acceptors (Lipinski definition) is 6. The molecular formula is C28H32O6. The molecule has 0 aromatic heterocycles. The van der Waals surface area contributed by atoms with Gasteiger partial charge in [-0.15, -0.1) is 0 Å². The van der Waals surface area contributed by atoms with Crippen molar-refractivity contribution in [3.63, 3.8) is 0 Å². The Morgan fingerprint density at radius 2 is 0.971 bits per heavy atom. The van der Waals surface area contributed by atoms with Crippen molar-refractivity contribution in [1.82, 2.24) is 0 Å². The topological polar surface area (TPSA) is 63.2 Å². The van der Waals surface area contributed by atoms with Crippen molar-refractivity contribution in [3.8, 4) is 0 Å². The monoisotopic (exact) mass is 464 g/mol. The molecule has 0 fully saturated rings. The molecule has 0 aliphatic rings. The average molecular weight is 465 g/mol. The minimum absolute atomic E-state index is 0.0698. The van der Waals surface area contributed by atoms with Crippen molar-refractivity contribution in [2.24, 2.45) is 0 Å². The molecule has 3 aromatic rings. The highest BCUT2D eigenvalue weighted by atomic mass is 16.6. The van der Waals surface area contributed by atoms with Crippen molar-refractivity contribution >= 4 is 5.97 Å². The van der Waals surface area contributed by atoms with Crippen LogP contribution in [0.15, 0.2) is 91.0 Å². The molecular weight excluding hydrogens is 432 g/mol. The summed E-state index contributed by atoms with van der Waals surface area (Å²) < 4.78 is 27.5. The van der Waals surface area contributed by atoms with Crippen LogP contribution in [0.4, 0.5) is 0 Å². The molecule has 0 heterocycles. The fourth-order valence-electron chi connectivity index (χ4n) is 3.68. The first-order valence-corrected chi connectivity index (χ1v) is 11.4. The smallest absolute Gasteiger partial charge is 0.331 e. The molecule has 0 radical (unpaired) electrons. The number of methoxy groups -OCH3 is 1. The number of carbonyl (C=O) groups excluding carboxylic acids is 1. The second kappa shape index (κ2) is 14.3. The largest absolute Gasteiger partial charge is 0.467 e. The molecule has 0 aliphatic carbocycles. The minimum Gasteiger partial charge on any atom is -0.467 e. The number of carbonyl (C=O) groups is 1. The summed E-state index contributed by atoms with van der Waals surface area (Å²) >= 11 is 0. The summed E-state index contributed by atoms with van der Waals surface area (Å²) in [6.07, 6.45) is 0. The summed E-state index contributed by atoms with van der Waals surface area (Å²) in [7, 11) is 1.33. The Balaban J connectivity index is 1.56. The van der Waals surface area contributed by atoms with E-state index in [0.717, 1.165) is 16.7 Å². The Labute approximate surface area is 201 Å². The molecule has 0 N–H and O–H groups in total. The van der Waals surface area contributed by atoms with Gasteiger partial charge in [-0.3, -0.25) is 0 Å². The maximum absolute atomic E-state index is 11.0. The number of ether oxygens (including phenoxy) is 5. The van der Waals surface area contributed by atoms with E-state index in [1.165, 1.54) is 7.11 Å². The molecule has 34 heavy (non-hydrogen) atoms. The summed E-state index contributed by atoms with van der Waals surface area (Å²) in [5.41, 5.74) is 2.42. The summed E-state index contributed by atoms with van der Waals surface area (Å²) in [4.78, 5) is 11.0. The third-order valence-electron chi connectivity index (χ3n) is 5.28. The molecule has 0 unspecified atom stereocenters. The third kappa shape index (κ3) is 7.23. The van der Waals surface area contributed by atoms with Crippen LogP contribution in [0.2, 0.25) is 0 Å². The van der Waals surface area contributed by atoms with Gasteiger partial charge in [0.05, 0.1) is 46.8 Å². The molecule has 6 heteroatoms. The Hall–Kier alpha value is -3.03. The number of esters is 1. The Bertz CT molecular complexity index is 850. The predicted octanol–water partition coefficient (Wildman–Crippen LogP) is 4.22. The van der Waals surface area contributed by atoms with Gasteiger partial charge in [-0.25, -0.2) is 4.79 Å². The second-order valence-electron chi connectivity index (χ2n) is 7.48. The van der Waals surface area contributed by atoms with E-state index in [4.69, 9.17) is 18.9 Å². The molecule has 0 atom stereocenters. The Morgan fingerprint density at radius 3 is 1.38 bits per heavy atom. The van der Waals surface area contributed by atoms with Crippen LogP contribution in [0.3, 0.4) is 0 Å². The fourth-order valence-corrected chi connectivity index (χ4v) is 3.68. The van der Waals surface area contributed by atoms with E-state index in [9.17, 15) is 4.79 Å². The summed E-state index contributed by atoms with van der Waals surface area (Å²) in [5, 5.41) is 0. The van der Waals surface area contributed by atoms with Gasteiger partial charge in [0, 0.05) is 0 Å². The van der Waals surface area contributed by atoms with Crippen LogP contribution in [0.25, 0.3) is 0 Å². The molecule has 0 aliphatic heterocycles. The lowest BCUT2D eigenvalue weighted by atomic mass is 9.80. The Morgan fingerprint density at radius 1 is 0.588 bits per heavy atom. The summed E-state index contributed by atoms with van der Waals surface area (Å²) in [6, 6.07) is 30.8. The molecule has 0 bridgehead atoms. The zero-order valence-corrected chi connectivity index (χ0v) is 19.6. The molecule has 6 nitrogen and oxygen atoms in total. The highest BCUT2D eigenvalue weighted by Crippen LogP contribution is 2.40. The van der Waals surface area contributed by atoms with Gasteiger partial charge in [0.2, 0.25) is 0 Å². The third-order valence-corrected chi connectivity index (χ3v) is 5.28. The SMILES string of the molecule is COC(=O)COCCOCCOCCOC(c1ccccc1)(c1ccccc1)c1ccccc1. The first kappa shape index (κ1) is 25.6.